The molecule has 0 fully saturated rings. The van der Waals surface area contributed by atoms with Gasteiger partial charge in [0.1, 0.15) is 4.99 Å². The van der Waals surface area contributed by atoms with Gasteiger partial charge in [0, 0.05) is 19.7 Å². The van der Waals surface area contributed by atoms with E-state index in [9.17, 15) is 0 Å². The molecule has 0 atom stereocenters. The van der Waals surface area contributed by atoms with Crippen molar-refractivity contribution >= 4 is 74.5 Å². The van der Waals surface area contributed by atoms with Crippen molar-refractivity contribution in [2.75, 3.05) is 11.1 Å². The van der Waals surface area contributed by atoms with Crippen LogP contribution < -0.4 is 11.1 Å². The Morgan fingerprint density at radius 2 is 2.10 bits per heavy atom. The number of hydrogen-bond acceptors (Lipinski definition) is 3. The minimum absolute atomic E-state index is 0.385. The maximum atomic E-state index is 6.28. The highest BCUT2D eigenvalue weighted by atomic mass is 127. The summed E-state index contributed by atoms with van der Waals surface area (Å²) >= 11 is 15.4. The Hall–Kier alpha value is -0.500. The normalized spacial score (nSPS) is 10.4. The van der Waals surface area contributed by atoms with E-state index in [1.807, 2.05) is 36.4 Å². The van der Waals surface area contributed by atoms with Crippen LogP contribution in [-0.2, 0) is 0 Å². The highest BCUT2D eigenvalue weighted by molar-refractivity contribution is 14.1. The van der Waals surface area contributed by atoms with Crippen molar-refractivity contribution < 1.29 is 0 Å². The molecule has 2 nitrogen and oxygen atoms in total. The zero-order valence-electron chi connectivity index (χ0n) is 11.3. The molecule has 0 saturated carbocycles. The molecule has 0 aliphatic rings. The highest BCUT2D eigenvalue weighted by Gasteiger charge is 2.12. The number of hydrogen-bond donors (Lipinski definition) is 2. The molecule has 2 aromatic rings. The molecule has 0 aliphatic carbocycles. The van der Waals surface area contributed by atoms with Crippen LogP contribution in [0.15, 0.2) is 41.3 Å². The van der Waals surface area contributed by atoms with Gasteiger partial charge in [0.05, 0.1) is 10.7 Å². The average molecular weight is 449 g/mol. The van der Waals surface area contributed by atoms with Gasteiger partial charge in [0.15, 0.2) is 0 Å². The third-order valence-corrected chi connectivity index (χ3v) is 4.90. The molecule has 21 heavy (non-hydrogen) atoms. The second-order valence-corrected chi connectivity index (χ2v) is 7.62. The maximum absolute atomic E-state index is 6.28. The summed E-state index contributed by atoms with van der Waals surface area (Å²) < 4.78 is 1.09. The summed E-state index contributed by atoms with van der Waals surface area (Å²) in [6.45, 7) is 2.10. The topological polar surface area (TPSA) is 38.0 Å². The van der Waals surface area contributed by atoms with Crippen LogP contribution in [0.2, 0.25) is 5.02 Å². The molecule has 3 N–H and O–H groups in total. The Labute approximate surface area is 153 Å². The molecule has 6 heteroatoms. The van der Waals surface area contributed by atoms with E-state index in [0.717, 1.165) is 31.2 Å². The molecule has 0 radical (unpaired) electrons. The van der Waals surface area contributed by atoms with Crippen molar-refractivity contribution in [2.45, 2.75) is 11.8 Å². The number of thiocarbonyl (C=S) groups is 1. The zero-order valence-corrected chi connectivity index (χ0v) is 15.9. The lowest BCUT2D eigenvalue weighted by molar-refractivity contribution is 1.38. The van der Waals surface area contributed by atoms with Crippen molar-refractivity contribution in [2.24, 2.45) is 5.73 Å². The summed E-state index contributed by atoms with van der Waals surface area (Å²) in [5.41, 5.74) is 8.49. The Kier molecular flexibility index (Phi) is 6.16. The fourth-order valence-electron chi connectivity index (χ4n) is 1.90. The van der Waals surface area contributed by atoms with Crippen LogP contribution in [0, 0.1) is 3.57 Å². The lowest BCUT2D eigenvalue weighted by atomic mass is 10.1. The van der Waals surface area contributed by atoms with Gasteiger partial charge in [0.25, 0.3) is 0 Å². The van der Waals surface area contributed by atoms with Crippen LogP contribution in [0.25, 0.3) is 0 Å². The molecule has 2 aromatic carbocycles. The van der Waals surface area contributed by atoms with Gasteiger partial charge < -0.3 is 11.1 Å². The maximum Gasteiger partial charge on any atom is 0.107 e. The van der Waals surface area contributed by atoms with Gasteiger partial charge in [0.2, 0.25) is 0 Å². The molecule has 110 valence electrons. The summed E-state index contributed by atoms with van der Waals surface area (Å²) in [6.07, 6.45) is 0. The molecule has 0 unspecified atom stereocenters. The fraction of sp³-hybridized carbons (Fsp3) is 0.133. The van der Waals surface area contributed by atoms with Crippen LogP contribution in [0.4, 0.5) is 11.4 Å². The van der Waals surface area contributed by atoms with Crippen molar-refractivity contribution in [1.82, 2.24) is 0 Å². The molecule has 0 heterocycles. The summed E-state index contributed by atoms with van der Waals surface area (Å²) in [4.78, 5) is 1.47. The first kappa shape index (κ1) is 16.9. The second-order valence-electron chi connectivity index (χ2n) is 4.23. The van der Waals surface area contributed by atoms with Crippen molar-refractivity contribution in [1.29, 1.82) is 0 Å². The van der Waals surface area contributed by atoms with Crippen LogP contribution in [0.1, 0.15) is 12.5 Å². The van der Waals surface area contributed by atoms with Gasteiger partial charge in [-0.15, -0.1) is 11.8 Å². The summed E-state index contributed by atoms with van der Waals surface area (Å²) in [6, 6.07) is 11.8. The van der Waals surface area contributed by atoms with Gasteiger partial charge in [-0.3, -0.25) is 0 Å². The number of anilines is 2. The van der Waals surface area contributed by atoms with Crippen molar-refractivity contribution in [3.63, 3.8) is 0 Å². The molecular formula is C15H14ClIN2S2. The molecule has 0 bridgehead atoms. The van der Waals surface area contributed by atoms with E-state index in [2.05, 4.69) is 34.8 Å². The first-order valence-corrected chi connectivity index (χ1v) is 9.15. The SMILES string of the molecule is CCSc1cccc(Nc2ccc(I)cc2Cl)c1C(N)=S. The summed E-state index contributed by atoms with van der Waals surface area (Å²) in [5.74, 6) is 0.962. The van der Waals surface area contributed by atoms with E-state index in [1.54, 1.807) is 11.8 Å². The van der Waals surface area contributed by atoms with Crippen LogP contribution >= 0.6 is 58.2 Å². The lowest BCUT2D eigenvalue weighted by Gasteiger charge is -2.15. The highest BCUT2D eigenvalue weighted by Crippen LogP contribution is 2.33. The standard InChI is InChI=1S/C15H14ClIN2S2/c1-2-21-13-5-3-4-12(14(13)15(18)20)19-11-7-6-9(17)8-10(11)16/h3-8,19H,2H2,1H3,(H2,18,20). The molecule has 0 amide bonds. The molecular weight excluding hydrogens is 435 g/mol. The van der Waals surface area contributed by atoms with Gasteiger partial charge in [-0.2, -0.15) is 0 Å². The smallest absolute Gasteiger partial charge is 0.107 e. The molecule has 2 rings (SSSR count). The predicted molar refractivity (Wildman–Crippen MR) is 106 cm³/mol. The number of halogens is 2. The third-order valence-electron chi connectivity index (χ3n) is 2.77. The number of nitrogens with one attached hydrogen (secondary N) is 1. The van der Waals surface area contributed by atoms with E-state index < -0.39 is 0 Å². The summed E-state index contributed by atoms with van der Waals surface area (Å²) in [5, 5.41) is 4.00. The molecule has 0 aromatic heterocycles. The van der Waals surface area contributed by atoms with E-state index >= 15 is 0 Å². The predicted octanol–water partition coefficient (Wildman–Crippen LogP) is 5.43. The number of rotatable bonds is 5. The van der Waals surface area contributed by atoms with E-state index in [-0.39, 0.29) is 0 Å². The Morgan fingerprint density at radius 1 is 1.33 bits per heavy atom. The van der Waals surface area contributed by atoms with Crippen molar-refractivity contribution in [3.05, 3.63) is 50.6 Å². The number of benzene rings is 2. The average Bonchev–Trinajstić information content (AvgIpc) is 2.42. The van der Waals surface area contributed by atoms with Gasteiger partial charge in [-0.25, -0.2) is 0 Å². The number of nitrogens with two attached hydrogens (primary N) is 1. The number of thioether (sulfide) groups is 1. The monoisotopic (exact) mass is 448 g/mol. The van der Waals surface area contributed by atoms with E-state index in [1.165, 1.54) is 0 Å². The minimum Gasteiger partial charge on any atom is -0.389 e. The van der Waals surface area contributed by atoms with Gasteiger partial charge >= 0.3 is 0 Å². The fourth-order valence-corrected chi connectivity index (χ4v) is 3.94. The lowest BCUT2D eigenvalue weighted by Crippen LogP contribution is -2.13. The Balaban J connectivity index is 2.43. The van der Waals surface area contributed by atoms with Crippen LogP contribution in [-0.4, -0.2) is 10.7 Å². The molecule has 0 spiro atoms. The van der Waals surface area contributed by atoms with Gasteiger partial charge in [-0.1, -0.05) is 36.8 Å². The molecule has 0 saturated heterocycles. The Morgan fingerprint density at radius 3 is 2.71 bits per heavy atom. The minimum atomic E-state index is 0.385. The largest absolute Gasteiger partial charge is 0.389 e. The van der Waals surface area contributed by atoms with Crippen molar-refractivity contribution in [3.8, 4) is 0 Å². The van der Waals surface area contributed by atoms with Crippen LogP contribution in [0.3, 0.4) is 0 Å². The first-order chi connectivity index (χ1) is 10.0. The first-order valence-electron chi connectivity index (χ1n) is 6.30. The molecule has 0 aliphatic heterocycles. The quantitative estimate of drug-likeness (QED) is 0.363. The van der Waals surface area contributed by atoms with E-state index in [0.29, 0.717) is 10.0 Å². The van der Waals surface area contributed by atoms with Crippen LogP contribution in [0.5, 0.6) is 0 Å². The zero-order chi connectivity index (χ0) is 15.4. The van der Waals surface area contributed by atoms with E-state index in [4.69, 9.17) is 29.6 Å². The summed E-state index contributed by atoms with van der Waals surface area (Å²) in [7, 11) is 0. The third kappa shape index (κ3) is 4.25. The van der Waals surface area contributed by atoms with Gasteiger partial charge in [-0.05, 0) is 58.7 Å². The Bertz CT molecular complexity index is 677. The second kappa shape index (κ2) is 7.67.